The summed E-state index contributed by atoms with van der Waals surface area (Å²) in [5, 5.41) is 14.1. The van der Waals surface area contributed by atoms with Crippen LogP contribution >= 0.6 is 0 Å². The molecule has 0 bridgehead atoms. The fraction of sp³-hybridized carbons (Fsp3) is 0.500. The first-order chi connectivity index (χ1) is 8.80. The summed E-state index contributed by atoms with van der Waals surface area (Å²) in [7, 11) is 0. The molecule has 7 heteroatoms. The van der Waals surface area contributed by atoms with Gasteiger partial charge in [-0.15, -0.1) is 0 Å². The molecular weight excluding hydrogens is 248 g/mol. The number of carbonyl (C=O) groups is 2. The van der Waals surface area contributed by atoms with E-state index >= 15 is 0 Å². The van der Waals surface area contributed by atoms with E-state index in [1.54, 1.807) is 33.0 Å². The van der Waals surface area contributed by atoms with Gasteiger partial charge in [-0.05, 0) is 11.5 Å². The zero-order valence-corrected chi connectivity index (χ0v) is 11.2. The highest BCUT2D eigenvalue weighted by atomic mass is 16.4. The Morgan fingerprint density at radius 1 is 1.42 bits per heavy atom. The predicted octanol–water partition coefficient (Wildman–Crippen LogP) is 0.775. The number of aromatic nitrogens is 2. The van der Waals surface area contributed by atoms with Crippen molar-refractivity contribution in [1.29, 1.82) is 0 Å². The van der Waals surface area contributed by atoms with E-state index in [9.17, 15) is 9.59 Å². The molecule has 0 aliphatic heterocycles. The first-order valence-electron chi connectivity index (χ1n) is 5.83. The van der Waals surface area contributed by atoms with E-state index in [0.717, 1.165) is 0 Å². The van der Waals surface area contributed by atoms with Crippen LogP contribution in [-0.4, -0.2) is 33.1 Å². The van der Waals surface area contributed by atoms with Gasteiger partial charge in [-0.3, -0.25) is 0 Å². The molecule has 0 fully saturated rings. The Bertz CT molecular complexity index is 442. The third-order valence-electron chi connectivity index (χ3n) is 2.46. The number of nitrogens with zero attached hydrogens (tertiary/aromatic N) is 2. The third kappa shape index (κ3) is 4.90. The van der Waals surface area contributed by atoms with E-state index in [1.807, 2.05) is 0 Å². The molecule has 0 radical (unpaired) electrons. The summed E-state index contributed by atoms with van der Waals surface area (Å²) in [5.74, 6) is -1.07. The SMILES string of the molecule is CC(C)(C)C(NC(=O)NCc1ccncn1)C(=O)O. The number of nitrogens with one attached hydrogen (secondary N) is 2. The molecule has 1 atom stereocenters. The maximum Gasteiger partial charge on any atom is 0.326 e. The maximum atomic E-state index is 11.6. The van der Waals surface area contributed by atoms with Gasteiger partial charge in [0.15, 0.2) is 0 Å². The van der Waals surface area contributed by atoms with Crippen molar-refractivity contribution in [2.45, 2.75) is 33.4 Å². The third-order valence-corrected chi connectivity index (χ3v) is 2.46. The van der Waals surface area contributed by atoms with Crippen molar-refractivity contribution in [1.82, 2.24) is 20.6 Å². The molecule has 7 nitrogen and oxygen atoms in total. The fourth-order valence-electron chi connectivity index (χ4n) is 1.42. The summed E-state index contributed by atoms with van der Waals surface area (Å²) >= 11 is 0. The van der Waals surface area contributed by atoms with Crippen molar-refractivity contribution < 1.29 is 14.7 Å². The molecular formula is C12H18N4O3. The number of hydrogen-bond acceptors (Lipinski definition) is 4. The molecule has 0 spiro atoms. The van der Waals surface area contributed by atoms with E-state index in [-0.39, 0.29) is 6.54 Å². The zero-order valence-electron chi connectivity index (χ0n) is 11.2. The molecule has 0 aliphatic carbocycles. The van der Waals surface area contributed by atoms with Gasteiger partial charge < -0.3 is 15.7 Å². The number of aliphatic carboxylic acids is 1. The van der Waals surface area contributed by atoms with Crippen molar-refractivity contribution >= 4 is 12.0 Å². The molecule has 1 rings (SSSR count). The summed E-state index contributed by atoms with van der Waals surface area (Å²) in [5.41, 5.74) is 0.0748. The Morgan fingerprint density at radius 2 is 2.11 bits per heavy atom. The monoisotopic (exact) mass is 266 g/mol. The maximum absolute atomic E-state index is 11.6. The van der Waals surface area contributed by atoms with Crippen LogP contribution < -0.4 is 10.6 Å². The lowest BCUT2D eigenvalue weighted by Crippen LogP contribution is -2.52. The van der Waals surface area contributed by atoms with Crippen LogP contribution in [0, 0.1) is 5.41 Å². The molecule has 2 amide bonds. The average molecular weight is 266 g/mol. The molecule has 104 valence electrons. The second-order valence-corrected chi connectivity index (χ2v) is 5.17. The fourth-order valence-corrected chi connectivity index (χ4v) is 1.42. The number of urea groups is 1. The predicted molar refractivity (Wildman–Crippen MR) is 68.3 cm³/mol. The van der Waals surface area contributed by atoms with E-state index in [0.29, 0.717) is 5.69 Å². The Balaban J connectivity index is 2.52. The normalized spacial score (nSPS) is 12.6. The van der Waals surface area contributed by atoms with Gasteiger partial charge in [0.25, 0.3) is 0 Å². The number of rotatable bonds is 4. The summed E-state index contributed by atoms with van der Waals surface area (Å²) in [6.45, 7) is 5.45. The van der Waals surface area contributed by atoms with Crippen LogP contribution in [0.1, 0.15) is 26.5 Å². The summed E-state index contributed by atoms with van der Waals surface area (Å²) in [4.78, 5) is 30.4. The zero-order chi connectivity index (χ0) is 14.5. The summed E-state index contributed by atoms with van der Waals surface area (Å²) < 4.78 is 0. The molecule has 19 heavy (non-hydrogen) atoms. The van der Waals surface area contributed by atoms with E-state index in [1.165, 1.54) is 6.33 Å². The highest BCUT2D eigenvalue weighted by Gasteiger charge is 2.32. The van der Waals surface area contributed by atoms with Crippen LogP contribution in [-0.2, 0) is 11.3 Å². The molecule has 1 aromatic rings. The Kier molecular flexibility index (Phi) is 4.80. The van der Waals surface area contributed by atoms with Gasteiger partial charge in [-0.25, -0.2) is 19.6 Å². The Hall–Kier alpha value is -2.18. The minimum Gasteiger partial charge on any atom is -0.480 e. The molecule has 1 aromatic heterocycles. The second-order valence-electron chi connectivity index (χ2n) is 5.17. The smallest absolute Gasteiger partial charge is 0.326 e. The van der Waals surface area contributed by atoms with Gasteiger partial charge >= 0.3 is 12.0 Å². The number of hydrogen-bond donors (Lipinski definition) is 3. The van der Waals surface area contributed by atoms with Gasteiger partial charge in [-0.2, -0.15) is 0 Å². The molecule has 0 aromatic carbocycles. The molecule has 0 saturated carbocycles. The van der Waals surface area contributed by atoms with Crippen LogP contribution in [0.15, 0.2) is 18.6 Å². The van der Waals surface area contributed by atoms with Gasteiger partial charge in [0.05, 0.1) is 12.2 Å². The lowest BCUT2D eigenvalue weighted by atomic mass is 9.87. The topological polar surface area (TPSA) is 104 Å². The van der Waals surface area contributed by atoms with Crippen LogP contribution in [0.25, 0.3) is 0 Å². The van der Waals surface area contributed by atoms with E-state index < -0.39 is 23.5 Å². The average Bonchev–Trinajstić information content (AvgIpc) is 2.33. The van der Waals surface area contributed by atoms with E-state index in [2.05, 4.69) is 20.6 Å². The molecule has 0 aliphatic rings. The van der Waals surface area contributed by atoms with Crippen LogP contribution in [0.3, 0.4) is 0 Å². The minimum atomic E-state index is -1.07. The lowest BCUT2D eigenvalue weighted by molar-refractivity contribution is -0.141. The second kappa shape index (κ2) is 6.12. The first-order valence-corrected chi connectivity index (χ1v) is 5.83. The molecule has 3 N–H and O–H groups in total. The standard InChI is InChI=1S/C12H18N4O3/c1-12(2,3)9(10(17)18)16-11(19)14-6-8-4-5-13-7-15-8/h4-5,7,9H,6H2,1-3H3,(H,17,18)(H2,14,16,19). The van der Waals surface area contributed by atoms with Gasteiger partial charge in [0.2, 0.25) is 0 Å². The number of carboxylic acids is 1. The lowest BCUT2D eigenvalue weighted by Gasteiger charge is -2.27. The number of carboxylic acid groups (broad SMARTS) is 1. The quantitative estimate of drug-likeness (QED) is 0.747. The van der Waals surface area contributed by atoms with Crippen LogP contribution in [0.2, 0.25) is 0 Å². The van der Waals surface area contributed by atoms with Gasteiger partial charge in [-0.1, -0.05) is 20.8 Å². The highest BCUT2D eigenvalue weighted by molar-refractivity contribution is 5.83. The number of carbonyl (C=O) groups excluding carboxylic acids is 1. The van der Waals surface area contributed by atoms with Crippen molar-refractivity contribution in [3.8, 4) is 0 Å². The van der Waals surface area contributed by atoms with Gasteiger partial charge in [0.1, 0.15) is 12.4 Å². The molecule has 1 unspecified atom stereocenters. The van der Waals surface area contributed by atoms with Crippen molar-refractivity contribution in [3.05, 3.63) is 24.3 Å². The minimum absolute atomic E-state index is 0.213. The van der Waals surface area contributed by atoms with Crippen molar-refractivity contribution in [2.75, 3.05) is 0 Å². The molecule has 1 heterocycles. The molecule has 0 saturated heterocycles. The van der Waals surface area contributed by atoms with E-state index in [4.69, 9.17) is 5.11 Å². The summed E-state index contributed by atoms with van der Waals surface area (Å²) in [6.07, 6.45) is 2.95. The van der Waals surface area contributed by atoms with Gasteiger partial charge in [0, 0.05) is 6.20 Å². The first kappa shape index (κ1) is 14.9. The highest BCUT2D eigenvalue weighted by Crippen LogP contribution is 2.19. The number of amides is 2. The van der Waals surface area contributed by atoms with Crippen molar-refractivity contribution in [3.63, 3.8) is 0 Å². The largest absolute Gasteiger partial charge is 0.480 e. The summed E-state index contributed by atoms with van der Waals surface area (Å²) in [6, 6.07) is 0.164. The van der Waals surface area contributed by atoms with Crippen molar-refractivity contribution in [2.24, 2.45) is 5.41 Å². The Labute approximate surface area is 111 Å². The van der Waals surface area contributed by atoms with Crippen LogP contribution in [0.5, 0.6) is 0 Å². The van der Waals surface area contributed by atoms with Crippen LogP contribution in [0.4, 0.5) is 4.79 Å². The Morgan fingerprint density at radius 3 is 2.58 bits per heavy atom.